The fourth-order valence-corrected chi connectivity index (χ4v) is 2.44. The van der Waals surface area contributed by atoms with Crippen molar-refractivity contribution in [1.29, 1.82) is 0 Å². The van der Waals surface area contributed by atoms with Crippen LogP contribution in [0, 0.1) is 0 Å². The molecule has 0 aliphatic rings. The summed E-state index contributed by atoms with van der Waals surface area (Å²) in [4.78, 5) is 19.6. The molecule has 0 saturated carbocycles. The average Bonchev–Trinajstić information content (AvgIpc) is 3.15. The number of anilines is 2. The first kappa shape index (κ1) is 14.0. The average molecular weight is 320 g/mol. The van der Waals surface area contributed by atoms with Gasteiger partial charge in [0.1, 0.15) is 11.6 Å². The Balaban J connectivity index is 1.72. The number of nitrogens with zero attached hydrogens (tertiary/aromatic N) is 3. The summed E-state index contributed by atoms with van der Waals surface area (Å²) < 4.78 is 5.78. The molecular weight excluding hydrogens is 308 g/mol. The molecule has 7 nitrogen and oxygen atoms in total. The van der Waals surface area contributed by atoms with Gasteiger partial charge in [-0.15, -0.1) is 4.73 Å². The molecule has 7 heteroatoms. The Bertz CT molecular complexity index is 1050. The SMILES string of the molecule is O=c1nc(Nc2ccc(-c3ccco3)cc2)c2cccnc2n1O. The van der Waals surface area contributed by atoms with Crippen molar-refractivity contribution in [2.24, 2.45) is 0 Å². The lowest BCUT2D eigenvalue weighted by Crippen LogP contribution is -2.23. The van der Waals surface area contributed by atoms with E-state index in [0.717, 1.165) is 17.0 Å². The van der Waals surface area contributed by atoms with E-state index in [1.165, 1.54) is 6.20 Å². The first-order chi connectivity index (χ1) is 11.7. The van der Waals surface area contributed by atoms with Crippen LogP contribution >= 0.6 is 0 Å². The highest BCUT2D eigenvalue weighted by Gasteiger charge is 2.11. The molecule has 0 atom stereocenters. The highest BCUT2D eigenvalue weighted by molar-refractivity contribution is 5.88. The van der Waals surface area contributed by atoms with Gasteiger partial charge in [0, 0.05) is 17.4 Å². The lowest BCUT2D eigenvalue weighted by atomic mass is 10.1. The van der Waals surface area contributed by atoms with E-state index in [2.05, 4.69) is 15.3 Å². The number of furan rings is 1. The fourth-order valence-electron chi connectivity index (χ4n) is 2.44. The summed E-state index contributed by atoms with van der Waals surface area (Å²) in [7, 11) is 0. The third-order valence-corrected chi connectivity index (χ3v) is 3.58. The summed E-state index contributed by atoms with van der Waals surface area (Å²) in [5.74, 6) is 1.11. The molecule has 4 rings (SSSR count). The number of fused-ring (bicyclic) bond motifs is 1. The molecule has 0 radical (unpaired) electrons. The molecule has 118 valence electrons. The van der Waals surface area contributed by atoms with E-state index in [1.54, 1.807) is 18.4 Å². The topological polar surface area (TPSA) is 93.2 Å². The molecule has 0 fully saturated rings. The van der Waals surface area contributed by atoms with E-state index < -0.39 is 5.69 Å². The van der Waals surface area contributed by atoms with Gasteiger partial charge >= 0.3 is 5.69 Å². The number of aromatic nitrogens is 3. The maximum absolute atomic E-state index is 11.8. The van der Waals surface area contributed by atoms with Crippen LogP contribution in [0.25, 0.3) is 22.4 Å². The number of hydrogen-bond donors (Lipinski definition) is 2. The van der Waals surface area contributed by atoms with Crippen LogP contribution in [0.3, 0.4) is 0 Å². The van der Waals surface area contributed by atoms with Crippen LogP contribution < -0.4 is 11.0 Å². The number of hydrogen-bond acceptors (Lipinski definition) is 6. The zero-order chi connectivity index (χ0) is 16.5. The summed E-state index contributed by atoms with van der Waals surface area (Å²) in [6, 6.07) is 14.6. The molecular formula is C17H12N4O3. The van der Waals surface area contributed by atoms with Crippen molar-refractivity contribution < 1.29 is 9.62 Å². The van der Waals surface area contributed by atoms with Crippen molar-refractivity contribution in [3.63, 3.8) is 0 Å². The molecule has 0 unspecified atom stereocenters. The fraction of sp³-hybridized carbons (Fsp3) is 0. The Morgan fingerprint density at radius 3 is 2.67 bits per heavy atom. The third-order valence-electron chi connectivity index (χ3n) is 3.58. The van der Waals surface area contributed by atoms with Gasteiger partial charge in [0.2, 0.25) is 0 Å². The Morgan fingerprint density at radius 1 is 1.08 bits per heavy atom. The Hall–Kier alpha value is -3.61. The van der Waals surface area contributed by atoms with Crippen molar-refractivity contribution in [1.82, 2.24) is 14.7 Å². The second-order valence-corrected chi connectivity index (χ2v) is 5.11. The molecule has 0 aliphatic carbocycles. The van der Waals surface area contributed by atoms with E-state index >= 15 is 0 Å². The van der Waals surface area contributed by atoms with Gasteiger partial charge in [-0.3, -0.25) is 0 Å². The van der Waals surface area contributed by atoms with Gasteiger partial charge in [-0.1, -0.05) is 0 Å². The smallest absolute Gasteiger partial charge is 0.384 e. The van der Waals surface area contributed by atoms with Crippen molar-refractivity contribution in [2.75, 3.05) is 5.32 Å². The Labute approximate surface area is 135 Å². The van der Waals surface area contributed by atoms with E-state index in [4.69, 9.17) is 4.42 Å². The molecule has 0 bridgehead atoms. The van der Waals surface area contributed by atoms with Crippen LogP contribution in [0.4, 0.5) is 11.5 Å². The van der Waals surface area contributed by atoms with Gasteiger partial charge in [-0.2, -0.15) is 4.98 Å². The van der Waals surface area contributed by atoms with Crippen LogP contribution in [0.15, 0.2) is 70.2 Å². The van der Waals surface area contributed by atoms with Crippen molar-refractivity contribution in [3.05, 3.63) is 71.5 Å². The number of rotatable bonds is 3. The number of benzene rings is 1. The van der Waals surface area contributed by atoms with Crippen molar-refractivity contribution >= 4 is 22.5 Å². The van der Waals surface area contributed by atoms with Crippen LogP contribution in [0.5, 0.6) is 0 Å². The highest BCUT2D eigenvalue weighted by atomic mass is 16.5. The van der Waals surface area contributed by atoms with Gasteiger partial charge in [-0.05, 0) is 48.5 Å². The van der Waals surface area contributed by atoms with E-state index in [-0.39, 0.29) is 5.65 Å². The predicted molar refractivity (Wildman–Crippen MR) is 88.4 cm³/mol. The summed E-state index contributed by atoms with van der Waals surface area (Å²) in [6.07, 6.45) is 3.12. The minimum atomic E-state index is -0.795. The van der Waals surface area contributed by atoms with Crippen LogP contribution in [0.2, 0.25) is 0 Å². The van der Waals surface area contributed by atoms with Crippen LogP contribution in [0.1, 0.15) is 0 Å². The lowest BCUT2D eigenvalue weighted by molar-refractivity contribution is 0.182. The Kier molecular flexibility index (Phi) is 3.24. The molecule has 0 spiro atoms. The molecule has 0 amide bonds. The number of nitrogens with one attached hydrogen (secondary N) is 1. The summed E-state index contributed by atoms with van der Waals surface area (Å²) in [5, 5.41) is 13.3. The van der Waals surface area contributed by atoms with E-state index in [1.807, 2.05) is 36.4 Å². The van der Waals surface area contributed by atoms with Gasteiger partial charge < -0.3 is 14.9 Å². The minimum absolute atomic E-state index is 0.146. The second kappa shape index (κ2) is 5.54. The van der Waals surface area contributed by atoms with Crippen molar-refractivity contribution in [3.8, 4) is 11.3 Å². The highest BCUT2D eigenvalue weighted by Crippen LogP contribution is 2.25. The summed E-state index contributed by atoms with van der Waals surface area (Å²) >= 11 is 0. The molecule has 3 heterocycles. The monoisotopic (exact) mass is 320 g/mol. The van der Waals surface area contributed by atoms with Gasteiger partial charge in [0.15, 0.2) is 5.65 Å². The van der Waals surface area contributed by atoms with Gasteiger partial charge in [-0.25, -0.2) is 9.78 Å². The normalized spacial score (nSPS) is 10.8. The second-order valence-electron chi connectivity index (χ2n) is 5.11. The molecule has 2 N–H and O–H groups in total. The van der Waals surface area contributed by atoms with Crippen molar-refractivity contribution in [2.45, 2.75) is 0 Å². The van der Waals surface area contributed by atoms with E-state index in [0.29, 0.717) is 15.9 Å². The standard InChI is InChI=1S/C17H12N4O3/c22-17-20-15(13-3-1-9-18-16(13)21(17)23)19-12-7-5-11(6-8-12)14-4-2-10-24-14/h1-10,23H,(H,19,20,22). The Morgan fingerprint density at radius 2 is 1.92 bits per heavy atom. The summed E-state index contributed by atoms with van der Waals surface area (Å²) in [5.41, 5.74) is 1.04. The lowest BCUT2D eigenvalue weighted by Gasteiger charge is -2.09. The van der Waals surface area contributed by atoms with Crippen LogP contribution in [-0.4, -0.2) is 19.9 Å². The zero-order valence-electron chi connectivity index (χ0n) is 12.4. The first-order valence-corrected chi connectivity index (χ1v) is 7.20. The maximum Gasteiger partial charge on any atom is 0.384 e. The van der Waals surface area contributed by atoms with Crippen LogP contribution in [-0.2, 0) is 0 Å². The third kappa shape index (κ3) is 2.38. The minimum Gasteiger partial charge on any atom is -0.464 e. The molecule has 3 aromatic heterocycles. The predicted octanol–water partition coefficient (Wildman–Crippen LogP) is 3.03. The molecule has 4 aromatic rings. The van der Waals surface area contributed by atoms with E-state index in [9.17, 15) is 10.0 Å². The quantitative estimate of drug-likeness (QED) is 0.564. The summed E-state index contributed by atoms with van der Waals surface area (Å²) in [6.45, 7) is 0. The zero-order valence-corrected chi connectivity index (χ0v) is 12.4. The molecule has 24 heavy (non-hydrogen) atoms. The van der Waals surface area contributed by atoms with Gasteiger partial charge in [0.25, 0.3) is 0 Å². The molecule has 0 saturated heterocycles. The first-order valence-electron chi connectivity index (χ1n) is 7.20. The number of pyridine rings is 1. The largest absolute Gasteiger partial charge is 0.464 e. The molecule has 1 aromatic carbocycles. The van der Waals surface area contributed by atoms with Gasteiger partial charge in [0.05, 0.1) is 11.6 Å². The molecule has 0 aliphatic heterocycles. The maximum atomic E-state index is 11.8.